The molecular formula is C15H23N3O. The molecule has 3 N–H and O–H groups in total. The smallest absolute Gasteiger partial charge is 0.270 e. The van der Waals surface area contributed by atoms with E-state index in [0.29, 0.717) is 18.2 Å². The Bertz CT molecular complexity index is 410. The van der Waals surface area contributed by atoms with Crippen LogP contribution >= 0.6 is 0 Å². The number of pyridine rings is 1. The zero-order chi connectivity index (χ0) is 13.7. The van der Waals surface area contributed by atoms with E-state index in [1.54, 1.807) is 12.3 Å². The fraction of sp³-hybridized carbons (Fsp3) is 0.600. The van der Waals surface area contributed by atoms with Crippen molar-refractivity contribution in [1.82, 2.24) is 10.3 Å². The lowest BCUT2D eigenvalue weighted by atomic mass is 9.84. The first-order valence-corrected chi connectivity index (χ1v) is 7.16. The molecule has 1 aliphatic carbocycles. The number of nitrogens with one attached hydrogen (secondary N) is 1. The van der Waals surface area contributed by atoms with Crippen molar-refractivity contribution in [2.75, 3.05) is 0 Å². The third-order valence-electron chi connectivity index (χ3n) is 4.01. The molecule has 0 aliphatic heterocycles. The number of carbonyl (C=O) groups is 1. The molecule has 4 nitrogen and oxygen atoms in total. The summed E-state index contributed by atoms with van der Waals surface area (Å²) in [4.78, 5) is 16.2. The third-order valence-corrected chi connectivity index (χ3v) is 4.01. The maximum Gasteiger partial charge on any atom is 0.270 e. The molecule has 1 saturated carbocycles. The molecule has 1 atom stereocenters. The predicted octanol–water partition coefficient (Wildman–Crippen LogP) is 2.24. The lowest BCUT2D eigenvalue weighted by Crippen LogP contribution is -2.39. The summed E-state index contributed by atoms with van der Waals surface area (Å²) in [6, 6.07) is 3.82. The van der Waals surface area contributed by atoms with Crippen molar-refractivity contribution >= 4 is 5.91 Å². The van der Waals surface area contributed by atoms with Crippen molar-refractivity contribution in [2.45, 2.75) is 51.6 Å². The van der Waals surface area contributed by atoms with Gasteiger partial charge in [0.2, 0.25) is 0 Å². The molecule has 0 radical (unpaired) electrons. The zero-order valence-corrected chi connectivity index (χ0v) is 11.6. The van der Waals surface area contributed by atoms with Crippen LogP contribution in [0.25, 0.3) is 0 Å². The fourth-order valence-corrected chi connectivity index (χ4v) is 2.71. The summed E-state index contributed by atoms with van der Waals surface area (Å²) < 4.78 is 0. The van der Waals surface area contributed by atoms with Gasteiger partial charge in [-0.3, -0.25) is 9.78 Å². The van der Waals surface area contributed by atoms with Crippen LogP contribution in [0.2, 0.25) is 0 Å². The molecule has 19 heavy (non-hydrogen) atoms. The van der Waals surface area contributed by atoms with E-state index in [1.807, 2.05) is 6.07 Å². The molecule has 0 spiro atoms. The van der Waals surface area contributed by atoms with Gasteiger partial charge in [-0.25, -0.2) is 0 Å². The van der Waals surface area contributed by atoms with Gasteiger partial charge in [0.15, 0.2) is 0 Å². The molecular weight excluding hydrogens is 238 g/mol. The largest absolute Gasteiger partial charge is 0.348 e. The van der Waals surface area contributed by atoms with Crippen LogP contribution in [0.1, 0.15) is 55.1 Å². The third kappa shape index (κ3) is 3.77. The second kappa shape index (κ2) is 6.66. The molecule has 1 heterocycles. The summed E-state index contributed by atoms with van der Waals surface area (Å²) in [5.74, 6) is 0.530. The Morgan fingerprint density at radius 2 is 2.16 bits per heavy atom. The highest BCUT2D eigenvalue weighted by Crippen LogP contribution is 2.26. The molecule has 1 aromatic heterocycles. The Kier molecular flexibility index (Phi) is 4.91. The Balaban J connectivity index is 1.91. The summed E-state index contributed by atoms with van der Waals surface area (Å²) >= 11 is 0. The SMILES string of the molecule is CC(NC(=O)c1ccc(CN)cn1)C1CCCCC1. The second-order valence-electron chi connectivity index (χ2n) is 5.42. The van der Waals surface area contributed by atoms with Gasteiger partial charge in [0.25, 0.3) is 5.91 Å². The summed E-state index contributed by atoms with van der Waals surface area (Å²) in [5.41, 5.74) is 6.93. The molecule has 1 aromatic rings. The number of aromatic nitrogens is 1. The van der Waals surface area contributed by atoms with Gasteiger partial charge >= 0.3 is 0 Å². The van der Waals surface area contributed by atoms with Gasteiger partial charge in [-0.2, -0.15) is 0 Å². The Morgan fingerprint density at radius 3 is 2.74 bits per heavy atom. The molecule has 104 valence electrons. The van der Waals surface area contributed by atoms with E-state index in [-0.39, 0.29) is 11.9 Å². The summed E-state index contributed by atoms with van der Waals surface area (Å²) in [7, 11) is 0. The van der Waals surface area contributed by atoms with Gasteiger partial charge in [0, 0.05) is 18.8 Å². The summed E-state index contributed by atoms with van der Waals surface area (Å²) in [6.45, 7) is 2.55. The Morgan fingerprint density at radius 1 is 1.42 bits per heavy atom. The first-order valence-electron chi connectivity index (χ1n) is 7.16. The summed E-state index contributed by atoms with van der Waals surface area (Å²) in [6.07, 6.45) is 8.02. The minimum atomic E-state index is -0.0818. The fourth-order valence-electron chi connectivity index (χ4n) is 2.71. The number of nitrogens with two attached hydrogens (primary N) is 1. The van der Waals surface area contributed by atoms with Crippen molar-refractivity contribution in [2.24, 2.45) is 11.7 Å². The van der Waals surface area contributed by atoms with Gasteiger partial charge in [-0.05, 0) is 37.3 Å². The quantitative estimate of drug-likeness (QED) is 0.873. The van der Waals surface area contributed by atoms with Crippen molar-refractivity contribution < 1.29 is 4.79 Å². The standard InChI is InChI=1S/C15H23N3O/c1-11(13-5-3-2-4-6-13)18-15(19)14-8-7-12(9-16)10-17-14/h7-8,10-11,13H,2-6,9,16H2,1H3,(H,18,19). The number of rotatable bonds is 4. The van der Waals surface area contributed by atoms with E-state index in [1.165, 1.54) is 32.1 Å². The normalized spacial score (nSPS) is 18.0. The van der Waals surface area contributed by atoms with E-state index in [4.69, 9.17) is 5.73 Å². The highest BCUT2D eigenvalue weighted by Gasteiger charge is 2.22. The number of hydrogen-bond acceptors (Lipinski definition) is 3. The van der Waals surface area contributed by atoms with Gasteiger partial charge < -0.3 is 11.1 Å². The molecule has 0 aromatic carbocycles. The minimum absolute atomic E-state index is 0.0818. The number of nitrogens with zero attached hydrogens (tertiary/aromatic N) is 1. The predicted molar refractivity (Wildman–Crippen MR) is 75.6 cm³/mol. The van der Waals surface area contributed by atoms with Crippen molar-refractivity contribution in [3.05, 3.63) is 29.6 Å². The van der Waals surface area contributed by atoms with Crippen LogP contribution in [0.5, 0.6) is 0 Å². The van der Waals surface area contributed by atoms with E-state index < -0.39 is 0 Å². The first-order chi connectivity index (χ1) is 9.20. The molecule has 0 saturated heterocycles. The molecule has 1 unspecified atom stereocenters. The van der Waals surface area contributed by atoms with Crippen LogP contribution in [0.4, 0.5) is 0 Å². The van der Waals surface area contributed by atoms with E-state index in [0.717, 1.165) is 5.56 Å². The number of hydrogen-bond donors (Lipinski definition) is 2. The van der Waals surface area contributed by atoms with Crippen LogP contribution in [0, 0.1) is 5.92 Å². The van der Waals surface area contributed by atoms with E-state index in [2.05, 4.69) is 17.2 Å². The number of amides is 1. The van der Waals surface area contributed by atoms with Gasteiger partial charge in [-0.1, -0.05) is 25.3 Å². The van der Waals surface area contributed by atoms with Crippen LogP contribution in [-0.2, 0) is 6.54 Å². The van der Waals surface area contributed by atoms with E-state index in [9.17, 15) is 4.79 Å². The lowest BCUT2D eigenvalue weighted by Gasteiger charge is -2.28. The Hall–Kier alpha value is -1.42. The average Bonchev–Trinajstić information content (AvgIpc) is 2.48. The molecule has 1 fully saturated rings. The maximum absolute atomic E-state index is 12.1. The molecule has 1 amide bonds. The van der Waals surface area contributed by atoms with Crippen LogP contribution in [0.3, 0.4) is 0 Å². The van der Waals surface area contributed by atoms with Gasteiger partial charge in [0.05, 0.1) is 0 Å². The highest BCUT2D eigenvalue weighted by atomic mass is 16.1. The average molecular weight is 261 g/mol. The Labute approximate surface area is 114 Å². The maximum atomic E-state index is 12.1. The first kappa shape index (κ1) is 14.0. The van der Waals surface area contributed by atoms with Crippen molar-refractivity contribution in [3.63, 3.8) is 0 Å². The zero-order valence-electron chi connectivity index (χ0n) is 11.6. The molecule has 4 heteroatoms. The van der Waals surface area contributed by atoms with Crippen molar-refractivity contribution in [1.29, 1.82) is 0 Å². The van der Waals surface area contributed by atoms with Gasteiger partial charge in [0.1, 0.15) is 5.69 Å². The molecule has 0 bridgehead atoms. The lowest BCUT2D eigenvalue weighted by molar-refractivity contribution is 0.0914. The monoisotopic (exact) mass is 261 g/mol. The van der Waals surface area contributed by atoms with Crippen molar-refractivity contribution in [3.8, 4) is 0 Å². The van der Waals surface area contributed by atoms with Crippen LogP contribution in [0.15, 0.2) is 18.3 Å². The second-order valence-corrected chi connectivity index (χ2v) is 5.42. The topological polar surface area (TPSA) is 68.0 Å². The molecule has 1 aliphatic rings. The molecule has 2 rings (SSSR count). The summed E-state index contributed by atoms with van der Waals surface area (Å²) in [5, 5.41) is 3.07. The minimum Gasteiger partial charge on any atom is -0.348 e. The van der Waals surface area contributed by atoms with E-state index >= 15 is 0 Å². The highest BCUT2D eigenvalue weighted by molar-refractivity contribution is 5.92. The number of carbonyl (C=O) groups excluding carboxylic acids is 1. The van der Waals surface area contributed by atoms with Crippen LogP contribution in [-0.4, -0.2) is 16.9 Å². The van der Waals surface area contributed by atoms with Gasteiger partial charge in [-0.15, -0.1) is 0 Å². The van der Waals surface area contributed by atoms with Crippen LogP contribution < -0.4 is 11.1 Å².